The van der Waals surface area contributed by atoms with Crippen LogP contribution in [0, 0.1) is 5.92 Å². The molecule has 33 heavy (non-hydrogen) atoms. The predicted molar refractivity (Wildman–Crippen MR) is 120 cm³/mol. The topological polar surface area (TPSA) is 114 Å². The Morgan fingerprint density at radius 3 is 2.67 bits per heavy atom. The van der Waals surface area contributed by atoms with Gasteiger partial charge in [0.05, 0.1) is 26.4 Å². The van der Waals surface area contributed by atoms with Gasteiger partial charge in [-0.05, 0) is 28.8 Å². The van der Waals surface area contributed by atoms with Crippen LogP contribution in [0.15, 0.2) is 41.1 Å². The van der Waals surface area contributed by atoms with Crippen LogP contribution in [0.4, 0.5) is 0 Å². The number of imidazole rings is 1. The number of amides is 1. The molecule has 0 aliphatic carbocycles. The Labute approximate surface area is 192 Å². The van der Waals surface area contributed by atoms with Gasteiger partial charge in [-0.2, -0.15) is 0 Å². The number of carbonyl (C=O) groups excluding carboxylic acids is 1. The maximum absolute atomic E-state index is 13.6. The number of aromatic nitrogens is 3. The fourth-order valence-electron chi connectivity index (χ4n) is 4.34. The van der Waals surface area contributed by atoms with E-state index < -0.39 is 12.0 Å². The van der Waals surface area contributed by atoms with Crippen LogP contribution in [0.5, 0.6) is 11.6 Å². The van der Waals surface area contributed by atoms with Gasteiger partial charge in [0.1, 0.15) is 17.5 Å². The maximum Gasteiger partial charge on any atom is 0.254 e. The molecular formula is C24H30N4O5. The number of aliphatic hydroxyl groups is 1. The lowest BCUT2D eigenvalue weighted by Gasteiger charge is -2.28. The number of aromatic amines is 1. The van der Waals surface area contributed by atoms with E-state index in [1.807, 2.05) is 38.1 Å². The molecule has 3 aromatic rings. The number of hydrogen-bond acceptors (Lipinski definition) is 7. The summed E-state index contributed by atoms with van der Waals surface area (Å²) in [6, 6.07) is 9.16. The van der Waals surface area contributed by atoms with Crippen LogP contribution in [0.2, 0.25) is 0 Å². The van der Waals surface area contributed by atoms with E-state index in [0.29, 0.717) is 30.3 Å². The van der Waals surface area contributed by atoms with Gasteiger partial charge in [-0.1, -0.05) is 26.0 Å². The van der Waals surface area contributed by atoms with E-state index in [1.165, 1.54) is 7.11 Å². The molecule has 0 spiro atoms. The first kappa shape index (κ1) is 22.8. The Morgan fingerprint density at radius 2 is 2.03 bits per heavy atom. The molecule has 1 amide bonds. The van der Waals surface area contributed by atoms with E-state index in [4.69, 9.17) is 14.0 Å². The second-order valence-corrected chi connectivity index (χ2v) is 8.71. The third kappa shape index (κ3) is 4.88. The second-order valence-electron chi connectivity index (χ2n) is 8.71. The highest BCUT2D eigenvalue weighted by molar-refractivity contribution is 5.84. The zero-order valence-electron chi connectivity index (χ0n) is 19.3. The molecule has 1 aromatic carbocycles. The van der Waals surface area contributed by atoms with E-state index >= 15 is 0 Å². The molecule has 4 rings (SSSR count). The summed E-state index contributed by atoms with van der Waals surface area (Å²) >= 11 is 0. The van der Waals surface area contributed by atoms with Crippen LogP contribution in [0.3, 0.4) is 0 Å². The number of benzene rings is 1. The number of likely N-dealkylation sites (tertiary alicyclic amines) is 1. The van der Waals surface area contributed by atoms with Crippen molar-refractivity contribution in [2.45, 2.75) is 44.8 Å². The van der Waals surface area contributed by atoms with Crippen molar-refractivity contribution in [3.05, 3.63) is 59.4 Å². The average molecular weight is 455 g/mol. The summed E-state index contributed by atoms with van der Waals surface area (Å²) in [5, 5.41) is 14.3. The van der Waals surface area contributed by atoms with Crippen LogP contribution < -0.4 is 9.47 Å². The number of aliphatic hydroxyl groups excluding tert-OH is 1. The number of β-amino-alcohol motifs (C(OH)–C–C–N with tert-alkyl or cyclic N) is 1. The van der Waals surface area contributed by atoms with E-state index in [-0.39, 0.29) is 24.4 Å². The fraction of sp³-hybridized carbons (Fsp3) is 0.458. The Kier molecular flexibility index (Phi) is 6.69. The first-order chi connectivity index (χ1) is 15.9. The highest BCUT2D eigenvalue weighted by Gasteiger charge is 2.42. The van der Waals surface area contributed by atoms with Gasteiger partial charge in [-0.3, -0.25) is 4.79 Å². The summed E-state index contributed by atoms with van der Waals surface area (Å²) in [6.45, 7) is 4.16. The molecule has 1 unspecified atom stereocenters. The number of carbonyl (C=O) groups is 1. The third-order valence-electron chi connectivity index (χ3n) is 6.03. The number of hydrogen-bond donors (Lipinski definition) is 2. The highest BCUT2D eigenvalue weighted by Crippen LogP contribution is 2.37. The first-order valence-corrected chi connectivity index (χ1v) is 11.1. The summed E-state index contributed by atoms with van der Waals surface area (Å²) in [5.41, 5.74) is 2.05. The van der Waals surface area contributed by atoms with Gasteiger partial charge in [0, 0.05) is 37.3 Å². The lowest BCUT2D eigenvalue weighted by atomic mass is 9.91. The van der Waals surface area contributed by atoms with Gasteiger partial charge in [0.2, 0.25) is 5.91 Å². The molecule has 1 aliphatic rings. The van der Waals surface area contributed by atoms with Crippen molar-refractivity contribution in [1.82, 2.24) is 20.0 Å². The van der Waals surface area contributed by atoms with E-state index in [9.17, 15) is 9.90 Å². The standard InChI is InChI=1S/C24H30N4O5/c1-14(2)22(20-11-21(32-4)27-33-20)24(30)28-13-17(29)10-19(28)23-25-12-16(26-23)9-15-5-7-18(31-3)8-6-15/h5-8,11-12,14,17,19,22,29H,9-10,13H2,1-4H3,(H,25,26)/t17-,19+,22?/m1/s1. The van der Waals surface area contributed by atoms with Crippen LogP contribution in [-0.2, 0) is 11.2 Å². The van der Waals surface area contributed by atoms with Crippen molar-refractivity contribution in [3.8, 4) is 11.6 Å². The van der Waals surface area contributed by atoms with Crippen molar-refractivity contribution in [1.29, 1.82) is 0 Å². The van der Waals surface area contributed by atoms with Crippen molar-refractivity contribution < 1.29 is 23.9 Å². The quantitative estimate of drug-likeness (QED) is 0.538. The largest absolute Gasteiger partial charge is 0.497 e. The Bertz CT molecular complexity index is 1070. The molecular weight excluding hydrogens is 424 g/mol. The molecule has 0 bridgehead atoms. The number of ether oxygens (including phenoxy) is 2. The van der Waals surface area contributed by atoms with E-state index in [1.54, 1.807) is 24.3 Å². The van der Waals surface area contributed by atoms with Crippen molar-refractivity contribution >= 4 is 5.91 Å². The molecule has 3 atom stereocenters. The van der Waals surface area contributed by atoms with Crippen molar-refractivity contribution in [2.24, 2.45) is 5.92 Å². The lowest BCUT2D eigenvalue weighted by molar-refractivity contribution is -0.135. The minimum absolute atomic E-state index is 0.0317. The first-order valence-electron chi connectivity index (χ1n) is 11.1. The normalized spacial score (nSPS) is 19.2. The second kappa shape index (κ2) is 9.66. The molecule has 2 aromatic heterocycles. The fourth-order valence-corrected chi connectivity index (χ4v) is 4.34. The van der Waals surface area contributed by atoms with Gasteiger partial charge in [0.25, 0.3) is 5.88 Å². The highest BCUT2D eigenvalue weighted by atomic mass is 16.5. The van der Waals surface area contributed by atoms with Gasteiger partial charge >= 0.3 is 0 Å². The molecule has 9 heteroatoms. The number of nitrogens with one attached hydrogen (secondary N) is 1. The summed E-state index contributed by atoms with van der Waals surface area (Å²) in [7, 11) is 3.14. The van der Waals surface area contributed by atoms with Crippen LogP contribution in [-0.4, -0.2) is 57.9 Å². The molecule has 0 radical (unpaired) electrons. The summed E-state index contributed by atoms with van der Waals surface area (Å²) in [4.78, 5) is 23.2. The van der Waals surface area contributed by atoms with Crippen LogP contribution in [0.25, 0.3) is 0 Å². The van der Waals surface area contributed by atoms with Gasteiger partial charge < -0.3 is 29.0 Å². The zero-order chi connectivity index (χ0) is 23.5. The molecule has 3 heterocycles. The monoisotopic (exact) mass is 454 g/mol. The Morgan fingerprint density at radius 1 is 1.27 bits per heavy atom. The smallest absolute Gasteiger partial charge is 0.254 e. The number of nitrogens with zero attached hydrogens (tertiary/aromatic N) is 3. The van der Waals surface area contributed by atoms with Gasteiger partial charge in [-0.15, -0.1) is 0 Å². The van der Waals surface area contributed by atoms with Crippen LogP contribution in [0.1, 0.15) is 55.1 Å². The van der Waals surface area contributed by atoms with Crippen LogP contribution >= 0.6 is 0 Å². The summed E-state index contributed by atoms with van der Waals surface area (Å²) < 4.78 is 15.7. The molecule has 1 aliphatic heterocycles. The Hall–Kier alpha value is -3.33. The maximum atomic E-state index is 13.6. The van der Waals surface area contributed by atoms with Gasteiger partial charge in [-0.25, -0.2) is 4.98 Å². The summed E-state index contributed by atoms with van der Waals surface area (Å²) in [5.74, 6) is 1.56. The molecule has 2 N–H and O–H groups in total. The molecule has 0 saturated carbocycles. The third-order valence-corrected chi connectivity index (χ3v) is 6.03. The van der Waals surface area contributed by atoms with Gasteiger partial charge in [0.15, 0.2) is 5.76 Å². The minimum atomic E-state index is -0.619. The molecule has 1 fully saturated rings. The number of methoxy groups -OCH3 is 2. The van der Waals surface area contributed by atoms with Crippen molar-refractivity contribution in [3.63, 3.8) is 0 Å². The Balaban J connectivity index is 1.54. The molecule has 176 valence electrons. The number of rotatable bonds is 8. The average Bonchev–Trinajstić information content (AvgIpc) is 3.54. The summed E-state index contributed by atoms with van der Waals surface area (Å²) in [6.07, 6.45) is 2.26. The lowest BCUT2D eigenvalue weighted by Crippen LogP contribution is -2.37. The molecule has 1 saturated heterocycles. The van der Waals surface area contributed by atoms with Crippen molar-refractivity contribution in [2.75, 3.05) is 20.8 Å². The number of H-pyrrole nitrogens is 1. The minimum Gasteiger partial charge on any atom is -0.497 e. The van der Waals surface area contributed by atoms with E-state index in [2.05, 4.69) is 15.1 Å². The van der Waals surface area contributed by atoms with E-state index in [0.717, 1.165) is 17.0 Å². The SMILES string of the molecule is COc1ccc(Cc2cnc([C@@H]3C[C@@H](O)CN3C(=O)C(c3cc(OC)no3)C(C)C)[nH]2)cc1. The molecule has 9 nitrogen and oxygen atoms in total. The predicted octanol–water partition coefficient (Wildman–Crippen LogP) is 3.08. The zero-order valence-corrected chi connectivity index (χ0v) is 19.3.